The first-order valence-corrected chi connectivity index (χ1v) is 5.99. The second-order valence-corrected chi connectivity index (χ2v) is 4.09. The van der Waals surface area contributed by atoms with Crippen LogP contribution in [0.4, 0.5) is 0 Å². The van der Waals surface area contributed by atoms with Crippen LogP contribution in [0.1, 0.15) is 31.7 Å². The predicted molar refractivity (Wildman–Crippen MR) is 67.3 cm³/mol. The van der Waals surface area contributed by atoms with E-state index in [0.29, 0.717) is 0 Å². The molecular formula is C14H18N2. The summed E-state index contributed by atoms with van der Waals surface area (Å²) >= 11 is 0. The molecule has 1 N–H and O–H groups in total. The van der Waals surface area contributed by atoms with Gasteiger partial charge in [-0.1, -0.05) is 50.1 Å². The van der Waals surface area contributed by atoms with Gasteiger partial charge in [0.05, 0.1) is 11.9 Å². The maximum Gasteiger partial charge on any atom is 0.0682 e. The molecule has 0 aliphatic rings. The van der Waals surface area contributed by atoms with Crippen LogP contribution in [0.15, 0.2) is 36.5 Å². The number of hydrogen-bond donors (Lipinski definition) is 1. The Morgan fingerprint density at radius 1 is 1.12 bits per heavy atom. The van der Waals surface area contributed by atoms with Gasteiger partial charge in [-0.15, -0.1) is 0 Å². The highest BCUT2D eigenvalue weighted by atomic mass is 15.1. The van der Waals surface area contributed by atoms with Gasteiger partial charge in [-0.3, -0.25) is 5.10 Å². The monoisotopic (exact) mass is 214 g/mol. The highest BCUT2D eigenvalue weighted by molar-refractivity contribution is 5.62. The molecule has 1 aromatic heterocycles. The third-order valence-corrected chi connectivity index (χ3v) is 2.83. The number of aryl methyl sites for hydroxylation is 1. The third-order valence-electron chi connectivity index (χ3n) is 2.83. The van der Waals surface area contributed by atoms with Crippen molar-refractivity contribution in [1.82, 2.24) is 10.2 Å². The van der Waals surface area contributed by atoms with Gasteiger partial charge in [0, 0.05) is 0 Å². The molecule has 2 aromatic rings. The number of H-pyrrole nitrogens is 1. The summed E-state index contributed by atoms with van der Waals surface area (Å²) in [5, 5.41) is 7.25. The van der Waals surface area contributed by atoms with Gasteiger partial charge >= 0.3 is 0 Å². The fraction of sp³-hybridized carbons (Fsp3) is 0.357. The van der Waals surface area contributed by atoms with Gasteiger partial charge < -0.3 is 0 Å². The molecule has 1 heterocycles. The molecule has 0 amide bonds. The average molecular weight is 214 g/mol. The fourth-order valence-electron chi connectivity index (χ4n) is 1.92. The quantitative estimate of drug-likeness (QED) is 0.753. The van der Waals surface area contributed by atoms with Gasteiger partial charge in [-0.05, 0) is 24.0 Å². The van der Waals surface area contributed by atoms with E-state index in [4.69, 9.17) is 0 Å². The number of unbranched alkanes of at least 4 members (excludes halogenated alkanes) is 2. The van der Waals surface area contributed by atoms with Gasteiger partial charge in [0.15, 0.2) is 0 Å². The van der Waals surface area contributed by atoms with Crippen molar-refractivity contribution in [1.29, 1.82) is 0 Å². The number of hydrogen-bond acceptors (Lipinski definition) is 1. The number of nitrogens with one attached hydrogen (secondary N) is 1. The molecule has 0 spiro atoms. The summed E-state index contributed by atoms with van der Waals surface area (Å²) in [5.41, 5.74) is 3.74. The summed E-state index contributed by atoms with van der Waals surface area (Å²) in [4.78, 5) is 0. The molecule has 0 bridgehead atoms. The standard InChI is InChI=1S/C14H18N2/c1-2-3-5-10-13-11-15-16-14(13)12-8-6-4-7-9-12/h4,6-9,11H,2-3,5,10H2,1H3,(H,15,16). The summed E-state index contributed by atoms with van der Waals surface area (Å²) in [6.45, 7) is 2.23. The van der Waals surface area contributed by atoms with Crippen LogP contribution in [0, 0.1) is 0 Å². The Labute approximate surface area is 96.7 Å². The maximum absolute atomic E-state index is 4.15. The summed E-state index contributed by atoms with van der Waals surface area (Å²) in [6.07, 6.45) is 6.88. The molecule has 0 unspecified atom stereocenters. The van der Waals surface area contributed by atoms with Crippen molar-refractivity contribution >= 4 is 0 Å². The van der Waals surface area contributed by atoms with Crippen molar-refractivity contribution in [3.05, 3.63) is 42.1 Å². The van der Waals surface area contributed by atoms with Crippen LogP contribution in [0.2, 0.25) is 0 Å². The molecule has 0 saturated heterocycles. The lowest BCUT2D eigenvalue weighted by molar-refractivity contribution is 0.718. The van der Waals surface area contributed by atoms with Crippen LogP contribution in [-0.2, 0) is 6.42 Å². The van der Waals surface area contributed by atoms with Crippen molar-refractivity contribution < 1.29 is 0 Å². The third kappa shape index (κ3) is 2.51. The van der Waals surface area contributed by atoms with Crippen LogP contribution < -0.4 is 0 Å². The Bertz CT molecular complexity index is 417. The van der Waals surface area contributed by atoms with Crippen molar-refractivity contribution in [2.24, 2.45) is 0 Å². The number of rotatable bonds is 5. The minimum atomic E-state index is 1.12. The van der Waals surface area contributed by atoms with E-state index in [1.807, 2.05) is 12.3 Å². The van der Waals surface area contributed by atoms with Gasteiger partial charge in [0.25, 0.3) is 0 Å². The molecule has 0 radical (unpaired) electrons. The van der Waals surface area contributed by atoms with E-state index >= 15 is 0 Å². The zero-order valence-electron chi connectivity index (χ0n) is 9.74. The first-order valence-electron chi connectivity index (χ1n) is 5.99. The average Bonchev–Trinajstić information content (AvgIpc) is 2.79. The van der Waals surface area contributed by atoms with Crippen molar-refractivity contribution in [3.8, 4) is 11.3 Å². The van der Waals surface area contributed by atoms with Crippen molar-refractivity contribution in [2.45, 2.75) is 32.6 Å². The Hall–Kier alpha value is -1.57. The summed E-state index contributed by atoms with van der Waals surface area (Å²) in [5.74, 6) is 0. The minimum Gasteiger partial charge on any atom is -0.278 e. The van der Waals surface area contributed by atoms with Crippen LogP contribution >= 0.6 is 0 Å². The molecule has 2 nitrogen and oxygen atoms in total. The topological polar surface area (TPSA) is 28.7 Å². The first-order chi connectivity index (χ1) is 7.92. The van der Waals surface area contributed by atoms with E-state index in [2.05, 4.69) is 41.4 Å². The number of aromatic amines is 1. The molecule has 1 aromatic carbocycles. The molecule has 16 heavy (non-hydrogen) atoms. The van der Waals surface area contributed by atoms with Crippen LogP contribution in [0.3, 0.4) is 0 Å². The Morgan fingerprint density at radius 2 is 1.94 bits per heavy atom. The summed E-state index contributed by atoms with van der Waals surface area (Å²) in [6, 6.07) is 10.4. The van der Waals surface area contributed by atoms with Gasteiger partial charge in [-0.25, -0.2) is 0 Å². The molecule has 0 aliphatic carbocycles. The largest absolute Gasteiger partial charge is 0.278 e. The summed E-state index contributed by atoms with van der Waals surface area (Å²) in [7, 11) is 0. The molecule has 84 valence electrons. The molecule has 2 rings (SSSR count). The number of benzene rings is 1. The zero-order valence-corrected chi connectivity index (χ0v) is 9.74. The fourth-order valence-corrected chi connectivity index (χ4v) is 1.92. The Morgan fingerprint density at radius 3 is 2.69 bits per heavy atom. The lowest BCUT2D eigenvalue weighted by Gasteiger charge is -2.02. The minimum absolute atomic E-state index is 1.12. The smallest absolute Gasteiger partial charge is 0.0682 e. The van der Waals surface area contributed by atoms with E-state index in [-0.39, 0.29) is 0 Å². The predicted octanol–water partition coefficient (Wildman–Crippen LogP) is 3.81. The number of nitrogens with zero attached hydrogens (tertiary/aromatic N) is 1. The highest BCUT2D eigenvalue weighted by Crippen LogP contribution is 2.22. The van der Waals surface area contributed by atoms with E-state index in [9.17, 15) is 0 Å². The molecule has 0 fully saturated rings. The van der Waals surface area contributed by atoms with Gasteiger partial charge in [0.1, 0.15) is 0 Å². The van der Waals surface area contributed by atoms with Gasteiger partial charge in [0.2, 0.25) is 0 Å². The second kappa shape index (κ2) is 5.50. The van der Waals surface area contributed by atoms with E-state index in [1.54, 1.807) is 0 Å². The lowest BCUT2D eigenvalue weighted by Crippen LogP contribution is -1.87. The maximum atomic E-state index is 4.15. The molecular weight excluding hydrogens is 196 g/mol. The first kappa shape index (κ1) is 10.9. The van der Waals surface area contributed by atoms with E-state index < -0.39 is 0 Å². The second-order valence-electron chi connectivity index (χ2n) is 4.09. The Balaban J connectivity index is 2.13. The van der Waals surface area contributed by atoms with Crippen LogP contribution in [-0.4, -0.2) is 10.2 Å². The lowest BCUT2D eigenvalue weighted by atomic mass is 10.0. The molecule has 0 atom stereocenters. The van der Waals surface area contributed by atoms with E-state index in [1.165, 1.54) is 36.1 Å². The molecule has 2 heteroatoms. The highest BCUT2D eigenvalue weighted by Gasteiger charge is 2.06. The van der Waals surface area contributed by atoms with Gasteiger partial charge in [-0.2, -0.15) is 5.10 Å². The number of aromatic nitrogens is 2. The SMILES string of the molecule is CCCCCc1cn[nH]c1-c1ccccc1. The Kier molecular flexibility index (Phi) is 3.76. The zero-order chi connectivity index (χ0) is 11.2. The van der Waals surface area contributed by atoms with Crippen LogP contribution in [0.5, 0.6) is 0 Å². The normalized spacial score (nSPS) is 10.6. The van der Waals surface area contributed by atoms with Crippen LogP contribution in [0.25, 0.3) is 11.3 Å². The summed E-state index contributed by atoms with van der Waals surface area (Å²) < 4.78 is 0. The molecule has 0 saturated carbocycles. The van der Waals surface area contributed by atoms with E-state index in [0.717, 1.165) is 6.42 Å². The molecule has 0 aliphatic heterocycles. The van der Waals surface area contributed by atoms with Crippen molar-refractivity contribution in [2.75, 3.05) is 0 Å². The van der Waals surface area contributed by atoms with Crippen molar-refractivity contribution in [3.63, 3.8) is 0 Å².